The third-order valence-corrected chi connectivity index (χ3v) is 8.22. The number of carbonyl (C=O) groups is 2. The van der Waals surface area contributed by atoms with E-state index in [0.717, 1.165) is 12.8 Å². The Morgan fingerprint density at radius 1 is 1.11 bits per heavy atom. The zero-order valence-corrected chi connectivity index (χ0v) is 22.0. The van der Waals surface area contributed by atoms with Crippen LogP contribution in [0.1, 0.15) is 36.3 Å². The average molecular weight is 546 g/mol. The molecule has 10 nitrogen and oxygen atoms in total. The summed E-state index contributed by atoms with van der Waals surface area (Å²) in [7, 11) is -4.01. The Bertz CT molecular complexity index is 1350. The van der Waals surface area contributed by atoms with Crippen LogP contribution in [-0.2, 0) is 21.4 Å². The quantitative estimate of drug-likeness (QED) is 0.401. The lowest BCUT2D eigenvalue weighted by atomic mass is 10.1. The van der Waals surface area contributed by atoms with Gasteiger partial charge in [-0.25, -0.2) is 13.2 Å². The SMILES string of the molecule is Cc1noc(C)c1NC(=O)Nc1ccc(CN([C@@H]2CCCCNC2=O)S(=O)(=O)c2ccc(Cl)cc2)cc1. The van der Waals surface area contributed by atoms with Crippen molar-refractivity contribution in [3.63, 3.8) is 0 Å². The number of rotatable bonds is 7. The van der Waals surface area contributed by atoms with E-state index >= 15 is 0 Å². The molecule has 37 heavy (non-hydrogen) atoms. The molecular formula is C25H28ClN5O5S. The highest BCUT2D eigenvalue weighted by Crippen LogP contribution is 2.26. The molecule has 1 aliphatic heterocycles. The minimum atomic E-state index is -4.01. The number of hydrogen-bond donors (Lipinski definition) is 3. The largest absolute Gasteiger partial charge is 0.359 e. The van der Waals surface area contributed by atoms with Gasteiger partial charge in [-0.1, -0.05) is 28.9 Å². The van der Waals surface area contributed by atoms with E-state index in [2.05, 4.69) is 21.1 Å². The average Bonchev–Trinajstić information content (AvgIpc) is 3.04. The fourth-order valence-corrected chi connectivity index (χ4v) is 5.85. The van der Waals surface area contributed by atoms with E-state index in [-0.39, 0.29) is 17.3 Å². The number of halogens is 1. The summed E-state index contributed by atoms with van der Waals surface area (Å²) in [5.74, 6) is 0.178. The van der Waals surface area contributed by atoms with Crippen LogP contribution in [0.4, 0.5) is 16.2 Å². The summed E-state index contributed by atoms with van der Waals surface area (Å²) >= 11 is 5.96. The highest BCUT2D eigenvalue weighted by molar-refractivity contribution is 7.89. The summed E-state index contributed by atoms with van der Waals surface area (Å²) in [6, 6.07) is 11.3. The number of aromatic nitrogens is 1. The van der Waals surface area contributed by atoms with E-state index in [1.54, 1.807) is 38.1 Å². The molecule has 3 aromatic rings. The van der Waals surface area contributed by atoms with Gasteiger partial charge in [-0.05, 0) is 75.1 Å². The minimum absolute atomic E-state index is 0.0192. The zero-order chi connectivity index (χ0) is 26.6. The van der Waals surface area contributed by atoms with E-state index in [9.17, 15) is 18.0 Å². The molecule has 1 aliphatic rings. The molecule has 1 fully saturated rings. The number of amides is 3. The second-order valence-electron chi connectivity index (χ2n) is 8.78. The van der Waals surface area contributed by atoms with Crippen molar-refractivity contribution in [3.8, 4) is 0 Å². The Balaban J connectivity index is 1.54. The summed E-state index contributed by atoms with van der Waals surface area (Å²) in [5, 5.41) is 12.5. The summed E-state index contributed by atoms with van der Waals surface area (Å²) in [6.45, 7) is 3.91. The van der Waals surface area contributed by atoms with Gasteiger partial charge in [0.1, 0.15) is 17.4 Å². The predicted molar refractivity (Wildman–Crippen MR) is 140 cm³/mol. The molecular weight excluding hydrogens is 518 g/mol. The molecule has 0 aliphatic carbocycles. The van der Waals surface area contributed by atoms with Gasteiger partial charge in [-0.2, -0.15) is 4.31 Å². The fourth-order valence-electron chi connectivity index (χ4n) is 4.11. The lowest BCUT2D eigenvalue weighted by molar-refractivity contribution is -0.124. The molecule has 2 heterocycles. The number of anilines is 2. The van der Waals surface area contributed by atoms with E-state index in [1.165, 1.54) is 28.6 Å². The molecule has 2 aromatic carbocycles. The molecule has 1 aromatic heterocycles. The predicted octanol–water partition coefficient (Wildman–Crippen LogP) is 4.45. The van der Waals surface area contributed by atoms with Crippen molar-refractivity contribution >= 4 is 44.9 Å². The molecule has 0 bridgehead atoms. The van der Waals surface area contributed by atoms with E-state index in [0.29, 0.717) is 46.4 Å². The number of urea groups is 1. The maximum atomic E-state index is 13.6. The zero-order valence-electron chi connectivity index (χ0n) is 20.5. The molecule has 196 valence electrons. The normalized spacial score (nSPS) is 16.2. The van der Waals surface area contributed by atoms with Crippen LogP contribution in [0.25, 0.3) is 0 Å². The van der Waals surface area contributed by atoms with Crippen LogP contribution in [0.2, 0.25) is 5.02 Å². The molecule has 0 unspecified atom stereocenters. The number of nitrogens with zero attached hydrogens (tertiary/aromatic N) is 2. The molecule has 3 amide bonds. The van der Waals surface area contributed by atoms with Gasteiger partial charge in [0.05, 0.1) is 4.90 Å². The highest BCUT2D eigenvalue weighted by atomic mass is 35.5. The smallest absolute Gasteiger partial charge is 0.323 e. The van der Waals surface area contributed by atoms with Gasteiger partial charge in [-0.3, -0.25) is 4.79 Å². The van der Waals surface area contributed by atoms with Gasteiger partial charge in [0.2, 0.25) is 15.9 Å². The Hall–Kier alpha value is -3.41. The molecule has 0 saturated carbocycles. The third-order valence-electron chi connectivity index (χ3n) is 6.10. The monoisotopic (exact) mass is 545 g/mol. The molecule has 3 N–H and O–H groups in total. The first kappa shape index (κ1) is 26.6. The molecule has 4 rings (SSSR count). The van der Waals surface area contributed by atoms with Crippen molar-refractivity contribution in [2.24, 2.45) is 0 Å². The van der Waals surface area contributed by atoms with Crippen molar-refractivity contribution < 1.29 is 22.5 Å². The van der Waals surface area contributed by atoms with Crippen LogP contribution in [0, 0.1) is 13.8 Å². The number of hydrogen-bond acceptors (Lipinski definition) is 6. The second kappa shape index (κ2) is 11.3. The second-order valence-corrected chi connectivity index (χ2v) is 11.1. The van der Waals surface area contributed by atoms with Gasteiger partial charge in [-0.15, -0.1) is 0 Å². The van der Waals surface area contributed by atoms with Crippen molar-refractivity contribution in [1.82, 2.24) is 14.8 Å². The Kier molecular flexibility index (Phi) is 8.16. The topological polar surface area (TPSA) is 134 Å². The van der Waals surface area contributed by atoms with Crippen LogP contribution >= 0.6 is 11.6 Å². The summed E-state index contributed by atoms with van der Waals surface area (Å²) < 4.78 is 33.6. The van der Waals surface area contributed by atoms with Gasteiger partial charge >= 0.3 is 6.03 Å². The molecule has 0 radical (unpaired) electrons. The molecule has 12 heteroatoms. The van der Waals surface area contributed by atoms with Crippen molar-refractivity contribution in [2.45, 2.75) is 50.6 Å². The number of nitrogens with one attached hydrogen (secondary N) is 3. The van der Waals surface area contributed by atoms with Crippen LogP contribution in [0.15, 0.2) is 57.9 Å². The highest BCUT2D eigenvalue weighted by Gasteiger charge is 2.36. The van der Waals surface area contributed by atoms with Gasteiger partial charge in [0.15, 0.2) is 5.76 Å². The lowest BCUT2D eigenvalue weighted by Crippen LogP contribution is -2.48. The number of sulfonamides is 1. The van der Waals surface area contributed by atoms with Crippen molar-refractivity contribution in [3.05, 3.63) is 70.6 Å². The molecule has 1 saturated heterocycles. The lowest BCUT2D eigenvalue weighted by Gasteiger charge is -2.29. The maximum Gasteiger partial charge on any atom is 0.323 e. The third kappa shape index (κ3) is 6.30. The summed E-state index contributed by atoms with van der Waals surface area (Å²) in [6.07, 6.45) is 1.92. The standard InChI is InChI=1S/C25H28ClN5O5S/c1-16-23(17(2)36-30-16)29-25(33)28-20-10-6-18(7-11-20)15-31(22-5-3-4-14-27-24(22)32)37(34,35)21-12-8-19(26)9-13-21/h6-13,22H,3-5,14-15H2,1-2H3,(H,27,32)(H2,28,29,33)/t22-/m1/s1. The Morgan fingerprint density at radius 3 is 2.46 bits per heavy atom. The van der Waals surface area contributed by atoms with Crippen LogP contribution in [-0.4, -0.2) is 42.4 Å². The van der Waals surface area contributed by atoms with Gasteiger partial charge < -0.3 is 20.5 Å². The van der Waals surface area contributed by atoms with Crippen molar-refractivity contribution in [2.75, 3.05) is 17.2 Å². The Labute approximate surface area is 220 Å². The van der Waals surface area contributed by atoms with Gasteiger partial charge in [0, 0.05) is 23.8 Å². The molecule has 1 atom stereocenters. The number of aryl methyl sites for hydroxylation is 2. The maximum absolute atomic E-state index is 13.6. The first-order valence-corrected chi connectivity index (χ1v) is 13.6. The van der Waals surface area contributed by atoms with E-state index < -0.39 is 22.1 Å². The minimum Gasteiger partial charge on any atom is -0.359 e. The number of benzene rings is 2. The van der Waals surface area contributed by atoms with Crippen molar-refractivity contribution in [1.29, 1.82) is 0 Å². The number of carbonyl (C=O) groups excluding carboxylic acids is 2. The molecule has 0 spiro atoms. The van der Waals surface area contributed by atoms with Crippen LogP contribution in [0.3, 0.4) is 0 Å². The van der Waals surface area contributed by atoms with Crippen LogP contribution < -0.4 is 16.0 Å². The summed E-state index contributed by atoms with van der Waals surface area (Å²) in [5.41, 5.74) is 2.23. The summed E-state index contributed by atoms with van der Waals surface area (Å²) in [4.78, 5) is 25.3. The van der Waals surface area contributed by atoms with E-state index in [4.69, 9.17) is 16.1 Å². The van der Waals surface area contributed by atoms with Gasteiger partial charge in [0.25, 0.3) is 0 Å². The fraction of sp³-hybridized carbons (Fsp3) is 0.320. The Morgan fingerprint density at radius 2 is 1.81 bits per heavy atom. The van der Waals surface area contributed by atoms with E-state index in [1.807, 2.05) is 0 Å². The van der Waals surface area contributed by atoms with Crippen LogP contribution in [0.5, 0.6) is 0 Å². The first-order valence-electron chi connectivity index (χ1n) is 11.8. The first-order chi connectivity index (χ1) is 17.6.